The van der Waals surface area contributed by atoms with E-state index in [-0.39, 0.29) is 5.95 Å². The predicted molar refractivity (Wildman–Crippen MR) is 67.9 cm³/mol. The molecule has 3 N–H and O–H groups in total. The third kappa shape index (κ3) is 2.68. The van der Waals surface area contributed by atoms with Crippen LogP contribution in [0.15, 0.2) is 0 Å². The molecule has 0 saturated carbocycles. The second-order valence-corrected chi connectivity index (χ2v) is 4.98. The number of hydrogen-bond acceptors (Lipinski definition) is 7. The van der Waals surface area contributed by atoms with Crippen LogP contribution < -0.4 is 11.1 Å². The van der Waals surface area contributed by atoms with Crippen molar-refractivity contribution in [2.24, 2.45) is 0 Å². The van der Waals surface area contributed by atoms with Crippen molar-refractivity contribution in [2.75, 3.05) is 11.1 Å². The molecule has 0 aliphatic carbocycles. The summed E-state index contributed by atoms with van der Waals surface area (Å²) >= 11 is 1.56. The molecule has 6 nitrogen and oxygen atoms in total. The van der Waals surface area contributed by atoms with Crippen molar-refractivity contribution in [3.8, 4) is 0 Å². The summed E-state index contributed by atoms with van der Waals surface area (Å²) in [5, 5.41) is 13.1. The summed E-state index contributed by atoms with van der Waals surface area (Å²) in [5.41, 5.74) is 7.50. The van der Waals surface area contributed by atoms with Gasteiger partial charge in [0.1, 0.15) is 15.8 Å². The second-order valence-electron chi connectivity index (χ2n) is 3.71. The van der Waals surface area contributed by atoms with Crippen LogP contribution in [0.3, 0.4) is 0 Å². The van der Waals surface area contributed by atoms with Crippen molar-refractivity contribution < 1.29 is 0 Å². The average molecular weight is 250 g/mol. The van der Waals surface area contributed by atoms with Crippen molar-refractivity contribution in [1.29, 1.82) is 0 Å². The van der Waals surface area contributed by atoms with Gasteiger partial charge in [0, 0.05) is 11.3 Å². The summed E-state index contributed by atoms with van der Waals surface area (Å²) in [5.74, 6) is 1.03. The molecule has 2 rings (SSSR count). The lowest BCUT2D eigenvalue weighted by Crippen LogP contribution is -2.08. The second kappa shape index (κ2) is 4.62. The van der Waals surface area contributed by atoms with Gasteiger partial charge >= 0.3 is 0 Å². The van der Waals surface area contributed by atoms with Crippen molar-refractivity contribution in [1.82, 2.24) is 20.2 Å². The van der Waals surface area contributed by atoms with Crippen LogP contribution in [0.2, 0.25) is 0 Å². The fraction of sp³-hybridized carbons (Fsp3) is 0.400. The van der Waals surface area contributed by atoms with Crippen LogP contribution in [0.1, 0.15) is 21.3 Å². The lowest BCUT2D eigenvalue weighted by atomic mass is 10.2. The highest BCUT2D eigenvalue weighted by atomic mass is 32.1. The molecule has 0 aromatic carbocycles. The highest BCUT2D eigenvalue weighted by Gasteiger charge is 2.07. The molecule has 0 amide bonds. The molecule has 7 heteroatoms. The van der Waals surface area contributed by atoms with E-state index in [4.69, 9.17) is 5.73 Å². The van der Waals surface area contributed by atoms with Crippen LogP contribution in [0.5, 0.6) is 0 Å². The van der Waals surface area contributed by atoms with Gasteiger partial charge in [-0.25, -0.2) is 4.98 Å². The summed E-state index contributed by atoms with van der Waals surface area (Å²) in [6.45, 7) is 6.40. The van der Waals surface area contributed by atoms with Crippen molar-refractivity contribution >= 4 is 23.1 Å². The van der Waals surface area contributed by atoms with Gasteiger partial charge in [-0.2, -0.15) is 4.98 Å². The summed E-state index contributed by atoms with van der Waals surface area (Å²) in [6, 6.07) is 0. The number of aromatic nitrogens is 4. The Morgan fingerprint density at radius 1 is 1.18 bits per heavy atom. The van der Waals surface area contributed by atoms with Crippen molar-refractivity contribution in [3.63, 3.8) is 0 Å². The predicted octanol–water partition coefficient (Wildman–Crippen LogP) is 1.45. The molecular formula is C10H14N6S. The third-order valence-electron chi connectivity index (χ3n) is 2.38. The number of nitrogens with two attached hydrogens (primary N) is 1. The number of aryl methyl sites for hydroxylation is 2. The Kier molecular flexibility index (Phi) is 3.19. The Balaban J connectivity index is 2.14. The first-order valence-corrected chi connectivity index (χ1v) is 6.01. The molecule has 2 aromatic rings. The van der Waals surface area contributed by atoms with Gasteiger partial charge in [-0.05, 0) is 20.8 Å². The summed E-state index contributed by atoms with van der Waals surface area (Å²) < 4.78 is 0. The Morgan fingerprint density at radius 3 is 2.59 bits per heavy atom. The van der Waals surface area contributed by atoms with Crippen LogP contribution in [0, 0.1) is 20.8 Å². The molecule has 0 spiro atoms. The fourth-order valence-electron chi connectivity index (χ4n) is 1.39. The normalized spacial score (nSPS) is 10.5. The van der Waals surface area contributed by atoms with Crippen molar-refractivity contribution in [2.45, 2.75) is 27.3 Å². The van der Waals surface area contributed by atoms with Crippen LogP contribution in [-0.4, -0.2) is 20.2 Å². The lowest BCUT2D eigenvalue weighted by Gasteiger charge is -2.09. The largest absolute Gasteiger partial charge is 0.368 e. The molecule has 0 radical (unpaired) electrons. The number of hydrogen-bond donors (Lipinski definition) is 2. The maximum absolute atomic E-state index is 5.61. The van der Waals surface area contributed by atoms with E-state index in [1.807, 2.05) is 20.8 Å². The molecule has 0 aliphatic heterocycles. The van der Waals surface area contributed by atoms with Gasteiger partial charge < -0.3 is 11.1 Å². The molecular weight excluding hydrogens is 236 g/mol. The molecule has 0 aliphatic rings. The first-order chi connectivity index (χ1) is 8.06. The number of nitrogens with zero attached hydrogens (tertiary/aromatic N) is 4. The van der Waals surface area contributed by atoms with Gasteiger partial charge in [-0.15, -0.1) is 10.2 Å². The quantitative estimate of drug-likeness (QED) is 0.857. The maximum atomic E-state index is 5.61. The first-order valence-electron chi connectivity index (χ1n) is 5.20. The topological polar surface area (TPSA) is 89.6 Å². The molecule has 0 unspecified atom stereocenters. The van der Waals surface area contributed by atoms with Gasteiger partial charge in [0.25, 0.3) is 0 Å². The van der Waals surface area contributed by atoms with E-state index in [1.54, 1.807) is 11.3 Å². The molecule has 0 bridgehead atoms. The zero-order chi connectivity index (χ0) is 12.4. The van der Waals surface area contributed by atoms with E-state index in [0.717, 1.165) is 27.1 Å². The average Bonchev–Trinajstić information content (AvgIpc) is 2.67. The van der Waals surface area contributed by atoms with Crippen LogP contribution in [-0.2, 0) is 6.54 Å². The SMILES string of the molecule is Cc1nnc(CNc2nc(N)nc(C)c2C)s1. The van der Waals surface area contributed by atoms with Gasteiger partial charge in [-0.3, -0.25) is 0 Å². The van der Waals surface area contributed by atoms with E-state index in [2.05, 4.69) is 25.5 Å². The summed E-state index contributed by atoms with van der Waals surface area (Å²) in [7, 11) is 0. The van der Waals surface area contributed by atoms with E-state index in [1.165, 1.54) is 0 Å². The van der Waals surface area contributed by atoms with Gasteiger partial charge in [0.05, 0.1) is 6.54 Å². The Hall–Kier alpha value is -1.76. The Morgan fingerprint density at radius 2 is 1.94 bits per heavy atom. The van der Waals surface area contributed by atoms with Gasteiger partial charge in [0.2, 0.25) is 5.95 Å². The smallest absolute Gasteiger partial charge is 0.222 e. The molecule has 90 valence electrons. The van der Waals surface area contributed by atoms with E-state index in [0.29, 0.717) is 6.54 Å². The number of anilines is 2. The van der Waals surface area contributed by atoms with E-state index in [9.17, 15) is 0 Å². The minimum Gasteiger partial charge on any atom is -0.368 e. The molecule has 2 aromatic heterocycles. The highest BCUT2D eigenvalue weighted by molar-refractivity contribution is 7.11. The monoisotopic (exact) mass is 250 g/mol. The number of nitrogens with one attached hydrogen (secondary N) is 1. The minimum atomic E-state index is 0.282. The summed E-state index contributed by atoms with van der Waals surface area (Å²) in [6.07, 6.45) is 0. The van der Waals surface area contributed by atoms with Crippen LogP contribution in [0.4, 0.5) is 11.8 Å². The maximum Gasteiger partial charge on any atom is 0.222 e. The molecule has 2 heterocycles. The minimum absolute atomic E-state index is 0.282. The van der Waals surface area contributed by atoms with Crippen molar-refractivity contribution in [3.05, 3.63) is 21.3 Å². The van der Waals surface area contributed by atoms with Gasteiger partial charge in [-0.1, -0.05) is 11.3 Å². The lowest BCUT2D eigenvalue weighted by molar-refractivity contribution is 0.958. The zero-order valence-electron chi connectivity index (χ0n) is 9.98. The Labute approximate surface area is 103 Å². The first kappa shape index (κ1) is 11.7. The molecule has 0 atom stereocenters. The number of nitrogen functional groups attached to an aromatic ring is 1. The molecule has 0 saturated heterocycles. The van der Waals surface area contributed by atoms with Crippen LogP contribution >= 0.6 is 11.3 Å². The van der Waals surface area contributed by atoms with Crippen LogP contribution in [0.25, 0.3) is 0 Å². The standard InChI is InChI=1S/C10H14N6S/c1-5-6(2)13-10(11)14-9(5)12-4-8-16-15-7(3)17-8/h4H2,1-3H3,(H3,11,12,13,14). The molecule has 17 heavy (non-hydrogen) atoms. The highest BCUT2D eigenvalue weighted by Crippen LogP contribution is 2.17. The zero-order valence-corrected chi connectivity index (χ0v) is 10.8. The Bertz CT molecular complexity index is 536. The van der Waals surface area contributed by atoms with E-state index < -0.39 is 0 Å². The fourth-order valence-corrected chi connectivity index (χ4v) is 2.04. The number of rotatable bonds is 3. The van der Waals surface area contributed by atoms with Gasteiger partial charge in [0.15, 0.2) is 0 Å². The third-order valence-corrected chi connectivity index (χ3v) is 3.22. The summed E-state index contributed by atoms with van der Waals surface area (Å²) in [4.78, 5) is 8.26. The van der Waals surface area contributed by atoms with E-state index >= 15 is 0 Å². The molecule has 0 fully saturated rings.